The van der Waals surface area contributed by atoms with Crippen molar-refractivity contribution in [1.29, 1.82) is 0 Å². The Hall–Kier alpha value is -2.35. The lowest BCUT2D eigenvalue weighted by atomic mass is 10.1. The average Bonchev–Trinajstić information content (AvgIpc) is 3.19. The van der Waals surface area contributed by atoms with Crippen LogP contribution in [0.1, 0.15) is 31.4 Å². The third-order valence-corrected chi connectivity index (χ3v) is 5.40. The van der Waals surface area contributed by atoms with Crippen molar-refractivity contribution in [3.63, 3.8) is 0 Å². The van der Waals surface area contributed by atoms with Gasteiger partial charge in [-0.05, 0) is 44.0 Å². The van der Waals surface area contributed by atoms with Crippen LogP contribution in [0.4, 0.5) is 11.5 Å². The minimum absolute atomic E-state index is 0.000644. The van der Waals surface area contributed by atoms with Gasteiger partial charge in [-0.1, -0.05) is 18.0 Å². The molecule has 1 saturated carbocycles. The summed E-state index contributed by atoms with van der Waals surface area (Å²) < 4.78 is 31.7. The molecule has 1 amide bonds. The number of carbonyl (C=O) groups excluding carboxylic acids is 1. The molecule has 0 aliphatic heterocycles. The molecule has 24 heavy (non-hydrogen) atoms. The number of nitrogens with zero attached hydrogens (tertiary/aromatic N) is 1. The number of benzene rings is 1. The number of amides is 1. The Morgan fingerprint density at radius 3 is 2.46 bits per heavy atom. The van der Waals surface area contributed by atoms with E-state index in [2.05, 4.69) is 15.2 Å². The average molecular weight is 349 g/mol. The summed E-state index contributed by atoms with van der Waals surface area (Å²) >= 11 is 0. The number of aromatic nitrogens is 1. The van der Waals surface area contributed by atoms with Crippen LogP contribution in [0.15, 0.2) is 39.8 Å². The topological polar surface area (TPSA) is 101 Å². The van der Waals surface area contributed by atoms with E-state index >= 15 is 0 Å². The largest absolute Gasteiger partial charge is 0.360 e. The maximum Gasteiger partial charge on any atom is 0.263 e. The minimum Gasteiger partial charge on any atom is -0.360 e. The fourth-order valence-corrected chi connectivity index (χ4v) is 3.74. The molecule has 1 heterocycles. The van der Waals surface area contributed by atoms with Gasteiger partial charge in [0.1, 0.15) is 5.76 Å². The molecule has 0 bridgehead atoms. The maximum absolute atomic E-state index is 12.3. The SMILES string of the molecule is Cc1cc(NS(=O)(=O)c2ccc(NC(=O)C3CCCC3)cc2)no1. The summed E-state index contributed by atoms with van der Waals surface area (Å²) in [5, 5.41) is 6.44. The second-order valence-electron chi connectivity index (χ2n) is 5.92. The highest BCUT2D eigenvalue weighted by Crippen LogP contribution is 2.26. The second kappa shape index (κ2) is 6.64. The molecule has 1 aromatic carbocycles. The molecular formula is C16H19N3O4S. The van der Waals surface area contributed by atoms with Gasteiger partial charge < -0.3 is 9.84 Å². The highest BCUT2D eigenvalue weighted by atomic mass is 32.2. The van der Waals surface area contributed by atoms with Crippen molar-refractivity contribution in [3.8, 4) is 0 Å². The van der Waals surface area contributed by atoms with E-state index in [1.54, 1.807) is 19.1 Å². The van der Waals surface area contributed by atoms with Gasteiger partial charge in [0, 0.05) is 17.7 Å². The normalized spacial score (nSPS) is 15.4. The number of aryl methyl sites for hydroxylation is 1. The summed E-state index contributed by atoms with van der Waals surface area (Å²) in [4.78, 5) is 12.2. The lowest BCUT2D eigenvalue weighted by Crippen LogP contribution is -2.20. The van der Waals surface area contributed by atoms with Crippen molar-refractivity contribution < 1.29 is 17.7 Å². The summed E-state index contributed by atoms with van der Waals surface area (Å²) in [6.45, 7) is 1.67. The molecule has 8 heteroatoms. The number of hydrogen-bond acceptors (Lipinski definition) is 5. The predicted octanol–water partition coefficient (Wildman–Crippen LogP) is 2.91. The van der Waals surface area contributed by atoms with Gasteiger partial charge in [-0.3, -0.25) is 9.52 Å². The number of nitrogens with one attached hydrogen (secondary N) is 2. The Morgan fingerprint density at radius 1 is 1.21 bits per heavy atom. The Balaban J connectivity index is 1.68. The molecule has 3 rings (SSSR count). The van der Waals surface area contributed by atoms with Crippen molar-refractivity contribution in [1.82, 2.24) is 5.16 Å². The van der Waals surface area contributed by atoms with E-state index in [9.17, 15) is 13.2 Å². The lowest BCUT2D eigenvalue weighted by molar-refractivity contribution is -0.119. The van der Waals surface area contributed by atoms with Crippen molar-refractivity contribution in [2.75, 3.05) is 10.0 Å². The highest BCUT2D eigenvalue weighted by molar-refractivity contribution is 7.92. The molecule has 1 aliphatic carbocycles. The van der Waals surface area contributed by atoms with Crippen molar-refractivity contribution in [2.24, 2.45) is 5.92 Å². The van der Waals surface area contributed by atoms with E-state index in [1.807, 2.05) is 0 Å². The quantitative estimate of drug-likeness (QED) is 0.864. The number of anilines is 2. The molecule has 2 N–H and O–H groups in total. The standard InChI is InChI=1S/C16H19N3O4S/c1-11-10-15(18-23-11)19-24(21,22)14-8-6-13(7-9-14)17-16(20)12-4-2-3-5-12/h6-10,12H,2-5H2,1H3,(H,17,20)(H,18,19). The first-order valence-corrected chi connectivity index (χ1v) is 9.29. The summed E-state index contributed by atoms with van der Waals surface area (Å²) in [6.07, 6.45) is 4.00. The third-order valence-electron chi connectivity index (χ3n) is 4.03. The molecule has 7 nitrogen and oxygen atoms in total. The molecule has 0 atom stereocenters. The van der Waals surface area contributed by atoms with Crippen molar-refractivity contribution >= 4 is 27.4 Å². The first-order chi connectivity index (χ1) is 11.4. The lowest BCUT2D eigenvalue weighted by Gasteiger charge is -2.11. The van der Waals surface area contributed by atoms with Crippen LogP contribution in [0, 0.1) is 12.8 Å². The van der Waals surface area contributed by atoms with E-state index in [0.29, 0.717) is 11.4 Å². The molecule has 1 aliphatic rings. The maximum atomic E-state index is 12.3. The summed E-state index contributed by atoms with van der Waals surface area (Å²) in [6, 6.07) is 7.54. The minimum atomic E-state index is -3.75. The van der Waals surface area contributed by atoms with Gasteiger partial charge in [0.25, 0.3) is 10.0 Å². The molecule has 128 valence electrons. The number of hydrogen-bond donors (Lipinski definition) is 2. The van der Waals surface area contributed by atoms with Gasteiger partial charge in [-0.15, -0.1) is 0 Å². The van der Waals surface area contributed by atoms with Crippen LogP contribution in [0.2, 0.25) is 0 Å². The van der Waals surface area contributed by atoms with Gasteiger partial charge in [0.15, 0.2) is 5.82 Å². The second-order valence-corrected chi connectivity index (χ2v) is 7.61. The Morgan fingerprint density at radius 2 is 1.88 bits per heavy atom. The van der Waals surface area contributed by atoms with Gasteiger partial charge in [0.05, 0.1) is 4.90 Å². The first kappa shape index (κ1) is 16.5. The number of sulfonamides is 1. The molecule has 1 aromatic heterocycles. The Labute approximate surface area is 140 Å². The molecule has 1 fully saturated rings. The summed E-state index contributed by atoms with van der Waals surface area (Å²) in [7, 11) is -3.75. The predicted molar refractivity (Wildman–Crippen MR) is 89.1 cm³/mol. The van der Waals surface area contributed by atoms with Crippen LogP contribution in [0.3, 0.4) is 0 Å². The zero-order valence-electron chi connectivity index (χ0n) is 13.3. The molecule has 0 saturated heterocycles. The van der Waals surface area contributed by atoms with Crippen molar-refractivity contribution in [3.05, 3.63) is 36.1 Å². The fourth-order valence-electron chi connectivity index (χ4n) is 2.76. The monoisotopic (exact) mass is 349 g/mol. The molecule has 0 unspecified atom stereocenters. The van der Waals surface area contributed by atoms with Crippen LogP contribution < -0.4 is 10.0 Å². The van der Waals surface area contributed by atoms with Crippen LogP contribution in [0.25, 0.3) is 0 Å². The van der Waals surface area contributed by atoms with Gasteiger partial charge in [-0.25, -0.2) is 8.42 Å². The molecule has 0 radical (unpaired) electrons. The van der Waals surface area contributed by atoms with Crippen LogP contribution in [-0.4, -0.2) is 19.5 Å². The van der Waals surface area contributed by atoms with Crippen LogP contribution in [0.5, 0.6) is 0 Å². The van der Waals surface area contributed by atoms with E-state index in [1.165, 1.54) is 18.2 Å². The molecule has 0 spiro atoms. The molecule has 2 aromatic rings. The summed E-state index contributed by atoms with van der Waals surface area (Å²) in [5.41, 5.74) is 0.586. The van der Waals surface area contributed by atoms with E-state index in [-0.39, 0.29) is 22.5 Å². The van der Waals surface area contributed by atoms with Crippen LogP contribution in [-0.2, 0) is 14.8 Å². The van der Waals surface area contributed by atoms with Gasteiger partial charge >= 0.3 is 0 Å². The first-order valence-electron chi connectivity index (χ1n) is 7.81. The highest BCUT2D eigenvalue weighted by Gasteiger charge is 2.23. The summed E-state index contributed by atoms with van der Waals surface area (Å²) in [5.74, 6) is 0.702. The number of carbonyl (C=O) groups is 1. The van der Waals surface area contributed by atoms with E-state index in [0.717, 1.165) is 25.7 Å². The van der Waals surface area contributed by atoms with Crippen LogP contribution >= 0.6 is 0 Å². The van der Waals surface area contributed by atoms with Crippen molar-refractivity contribution in [2.45, 2.75) is 37.5 Å². The fraction of sp³-hybridized carbons (Fsp3) is 0.375. The zero-order valence-corrected chi connectivity index (χ0v) is 14.1. The van der Waals surface area contributed by atoms with E-state index < -0.39 is 10.0 Å². The Bertz CT molecular complexity index is 821. The van der Waals surface area contributed by atoms with E-state index in [4.69, 9.17) is 4.52 Å². The van der Waals surface area contributed by atoms with Gasteiger partial charge in [0.2, 0.25) is 5.91 Å². The van der Waals surface area contributed by atoms with Gasteiger partial charge in [-0.2, -0.15) is 0 Å². The zero-order chi connectivity index (χ0) is 17.2. The number of rotatable bonds is 5. The third kappa shape index (κ3) is 3.76. The Kier molecular flexibility index (Phi) is 4.57. The molecular weight excluding hydrogens is 330 g/mol. The smallest absolute Gasteiger partial charge is 0.263 e.